The van der Waals surface area contributed by atoms with E-state index in [-0.39, 0.29) is 23.6 Å². The first kappa shape index (κ1) is 17.0. The average molecular weight is 372 g/mol. The van der Waals surface area contributed by atoms with Gasteiger partial charge in [-0.2, -0.15) is 0 Å². The number of halogens is 1. The van der Waals surface area contributed by atoms with Crippen LogP contribution in [0, 0.1) is 0 Å². The van der Waals surface area contributed by atoms with Crippen LogP contribution in [0.2, 0.25) is 0 Å². The highest BCUT2D eigenvalue weighted by atomic mass is 79.9. The summed E-state index contributed by atoms with van der Waals surface area (Å²) in [5.41, 5.74) is -0.0915. The topological polar surface area (TPSA) is 72.4 Å². The van der Waals surface area contributed by atoms with E-state index >= 15 is 0 Å². The number of nitrogens with zero attached hydrogens (tertiary/aromatic N) is 1. The molecular weight excluding hydrogens is 350 g/mol. The minimum Gasteiger partial charge on any atom is -0.489 e. The Balaban J connectivity index is 1.86. The summed E-state index contributed by atoms with van der Waals surface area (Å²) >= 11 is 3.42. The van der Waals surface area contributed by atoms with Gasteiger partial charge in [0.15, 0.2) is 0 Å². The van der Waals surface area contributed by atoms with Gasteiger partial charge >= 0.3 is 0 Å². The minimum atomic E-state index is -0.0915. The van der Waals surface area contributed by atoms with Crippen molar-refractivity contribution in [2.24, 2.45) is 7.05 Å². The average Bonchev–Trinajstić information content (AvgIpc) is 2.47. The molecule has 0 aliphatic heterocycles. The molecule has 2 N–H and O–H groups in total. The zero-order valence-corrected chi connectivity index (χ0v) is 14.5. The van der Waals surface area contributed by atoms with Crippen molar-refractivity contribution in [2.75, 3.05) is 13.6 Å². The quantitative estimate of drug-likeness (QED) is 0.814. The number of hydrogen-bond acceptors (Lipinski definition) is 4. The molecule has 0 bridgehead atoms. The zero-order chi connectivity index (χ0) is 16.1. The highest BCUT2D eigenvalue weighted by Gasteiger charge is 2.24. The number of likely N-dealkylation sites (N-methyl/N-ethyl adjacent to an activating group) is 1. The number of nitrogens with one attached hydrogen (secondary N) is 2. The predicted octanol–water partition coefficient (Wildman–Crippen LogP) is 1.17. The highest BCUT2D eigenvalue weighted by molar-refractivity contribution is 9.10. The Labute approximate surface area is 138 Å². The molecule has 1 aliphatic carbocycles. The maximum absolute atomic E-state index is 11.7. The van der Waals surface area contributed by atoms with Crippen LogP contribution in [0.15, 0.2) is 21.5 Å². The van der Waals surface area contributed by atoms with Crippen molar-refractivity contribution in [1.82, 2.24) is 15.2 Å². The lowest BCUT2D eigenvalue weighted by molar-refractivity contribution is -0.121. The van der Waals surface area contributed by atoms with Gasteiger partial charge in [0.2, 0.25) is 5.91 Å². The molecule has 1 amide bonds. The molecular formula is C15H22BrN3O3. The SMILES string of the molecule is CNCC(=O)NC1CCC(Oc2cc(=O)n(C)cc2Br)CC1. The summed E-state index contributed by atoms with van der Waals surface area (Å²) < 4.78 is 8.22. The number of carbonyl (C=O) groups excluding carboxylic acids is 1. The summed E-state index contributed by atoms with van der Waals surface area (Å²) in [6.45, 7) is 0.344. The largest absolute Gasteiger partial charge is 0.489 e. The summed E-state index contributed by atoms with van der Waals surface area (Å²) in [4.78, 5) is 23.2. The van der Waals surface area contributed by atoms with Crippen molar-refractivity contribution in [3.8, 4) is 5.75 Å². The van der Waals surface area contributed by atoms with E-state index in [2.05, 4.69) is 26.6 Å². The van der Waals surface area contributed by atoms with Crippen molar-refractivity contribution >= 4 is 21.8 Å². The van der Waals surface area contributed by atoms with Crippen LogP contribution in [-0.4, -0.2) is 36.2 Å². The molecule has 0 radical (unpaired) electrons. The van der Waals surface area contributed by atoms with E-state index in [9.17, 15) is 9.59 Å². The maximum atomic E-state index is 11.7. The normalized spacial score (nSPS) is 21.4. The Bertz CT molecular complexity index is 580. The van der Waals surface area contributed by atoms with Gasteiger partial charge in [-0.1, -0.05) is 0 Å². The molecule has 0 spiro atoms. The highest BCUT2D eigenvalue weighted by Crippen LogP contribution is 2.28. The fourth-order valence-corrected chi connectivity index (χ4v) is 3.13. The first-order valence-corrected chi connectivity index (χ1v) is 8.25. The Morgan fingerprint density at radius 3 is 2.73 bits per heavy atom. The molecule has 1 heterocycles. The number of carbonyl (C=O) groups is 1. The molecule has 122 valence electrons. The van der Waals surface area contributed by atoms with E-state index in [0.29, 0.717) is 12.3 Å². The van der Waals surface area contributed by atoms with E-state index in [1.54, 1.807) is 20.3 Å². The standard InChI is InChI=1S/C15H22BrN3O3/c1-17-8-14(20)18-10-3-5-11(6-4-10)22-13-7-15(21)19(2)9-12(13)16/h7,9-11,17H,3-6,8H2,1-2H3,(H,18,20). The van der Waals surface area contributed by atoms with Crippen LogP contribution in [0.25, 0.3) is 0 Å². The predicted molar refractivity (Wildman–Crippen MR) is 88.1 cm³/mol. The van der Waals surface area contributed by atoms with E-state index in [4.69, 9.17) is 4.74 Å². The number of aromatic nitrogens is 1. The first-order valence-electron chi connectivity index (χ1n) is 7.46. The van der Waals surface area contributed by atoms with Gasteiger partial charge in [-0.3, -0.25) is 9.59 Å². The molecule has 6 nitrogen and oxygen atoms in total. The van der Waals surface area contributed by atoms with Crippen molar-refractivity contribution in [2.45, 2.75) is 37.8 Å². The number of rotatable bonds is 5. The molecule has 1 fully saturated rings. The van der Waals surface area contributed by atoms with Gasteiger partial charge in [0.05, 0.1) is 17.1 Å². The van der Waals surface area contributed by atoms with Gasteiger partial charge in [0.1, 0.15) is 5.75 Å². The molecule has 0 atom stereocenters. The molecule has 1 aromatic heterocycles. The summed E-state index contributed by atoms with van der Waals surface area (Å²) in [5.74, 6) is 0.618. The smallest absolute Gasteiger partial charge is 0.254 e. The van der Waals surface area contributed by atoms with E-state index < -0.39 is 0 Å². The summed E-state index contributed by atoms with van der Waals surface area (Å²) in [6.07, 6.45) is 5.31. The van der Waals surface area contributed by atoms with E-state index in [0.717, 1.165) is 30.2 Å². The molecule has 0 aromatic carbocycles. The Morgan fingerprint density at radius 2 is 2.09 bits per heavy atom. The van der Waals surface area contributed by atoms with Gasteiger partial charge in [0, 0.05) is 25.4 Å². The number of aryl methyl sites for hydroxylation is 1. The first-order chi connectivity index (χ1) is 10.5. The molecule has 1 aliphatic rings. The van der Waals surface area contributed by atoms with Crippen molar-refractivity contribution < 1.29 is 9.53 Å². The van der Waals surface area contributed by atoms with Crippen LogP contribution in [0.1, 0.15) is 25.7 Å². The second-order valence-electron chi connectivity index (χ2n) is 5.62. The molecule has 1 aromatic rings. The monoisotopic (exact) mass is 371 g/mol. The van der Waals surface area contributed by atoms with Crippen LogP contribution < -0.4 is 20.9 Å². The lowest BCUT2D eigenvalue weighted by Gasteiger charge is -2.29. The third-order valence-electron chi connectivity index (χ3n) is 3.81. The lowest BCUT2D eigenvalue weighted by Crippen LogP contribution is -2.42. The van der Waals surface area contributed by atoms with Crippen molar-refractivity contribution in [3.63, 3.8) is 0 Å². The van der Waals surface area contributed by atoms with Crippen LogP contribution in [0.5, 0.6) is 5.75 Å². The zero-order valence-electron chi connectivity index (χ0n) is 12.9. The lowest BCUT2D eigenvalue weighted by atomic mass is 9.93. The number of hydrogen-bond donors (Lipinski definition) is 2. The third-order valence-corrected chi connectivity index (χ3v) is 4.41. The fraction of sp³-hybridized carbons (Fsp3) is 0.600. The second-order valence-corrected chi connectivity index (χ2v) is 6.48. The molecule has 2 rings (SSSR count). The van der Waals surface area contributed by atoms with Gasteiger partial charge in [-0.05, 0) is 48.7 Å². The van der Waals surface area contributed by atoms with E-state index in [1.807, 2.05) is 0 Å². The maximum Gasteiger partial charge on any atom is 0.254 e. The number of amides is 1. The molecule has 22 heavy (non-hydrogen) atoms. The van der Waals surface area contributed by atoms with Gasteiger partial charge in [-0.15, -0.1) is 0 Å². The molecule has 1 saturated carbocycles. The molecule has 0 unspecified atom stereocenters. The van der Waals surface area contributed by atoms with Gasteiger partial charge in [0.25, 0.3) is 5.56 Å². The van der Waals surface area contributed by atoms with Gasteiger partial charge < -0.3 is 19.9 Å². The molecule has 7 heteroatoms. The minimum absolute atomic E-state index is 0.0289. The Kier molecular flexibility index (Phi) is 6.02. The number of ether oxygens (including phenoxy) is 1. The summed E-state index contributed by atoms with van der Waals surface area (Å²) in [5, 5.41) is 5.85. The Hall–Kier alpha value is -1.34. The summed E-state index contributed by atoms with van der Waals surface area (Å²) in [7, 11) is 3.46. The Morgan fingerprint density at radius 1 is 1.41 bits per heavy atom. The third kappa shape index (κ3) is 4.58. The number of pyridine rings is 1. The van der Waals surface area contributed by atoms with Crippen LogP contribution in [-0.2, 0) is 11.8 Å². The fourth-order valence-electron chi connectivity index (χ4n) is 2.61. The van der Waals surface area contributed by atoms with Crippen LogP contribution >= 0.6 is 15.9 Å². The second kappa shape index (κ2) is 7.78. The van der Waals surface area contributed by atoms with E-state index in [1.165, 1.54) is 10.6 Å². The van der Waals surface area contributed by atoms with Gasteiger partial charge in [-0.25, -0.2) is 0 Å². The summed E-state index contributed by atoms with van der Waals surface area (Å²) in [6, 6.07) is 1.72. The van der Waals surface area contributed by atoms with Crippen molar-refractivity contribution in [1.29, 1.82) is 0 Å². The molecule has 0 saturated heterocycles. The van der Waals surface area contributed by atoms with Crippen LogP contribution in [0.4, 0.5) is 0 Å². The van der Waals surface area contributed by atoms with Crippen molar-refractivity contribution in [3.05, 3.63) is 27.1 Å². The van der Waals surface area contributed by atoms with Crippen LogP contribution in [0.3, 0.4) is 0 Å².